The minimum atomic E-state index is -5.08. The number of carbonyl (C=O) groups excluding carboxylic acids is 1. The Hall–Kier alpha value is -3.60. The Bertz CT molecular complexity index is 1180. The highest BCUT2D eigenvalue weighted by atomic mass is 19.4. The third-order valence-electron chi connectivity index (χ3n) is 6.08. The minimum absolute atomic E-state index is 0.150. The second-order valence-corrected chi connectivity index (χ2v) is 8.58. The second kappa shape index (κ2) is 11.0. The number of carbonyl (C=O) groups is 2. The Kier molecular flexibility index (Phi) is 7.78. The zero-order valence-corrected chi connectivity index (χ0v) is 19.4. The molecular formula is C25H26F3N3O5. The number of piperidine rings is 1. The van der Waals surface area contributed by atoms with Crippen molar-refractivity contribution in [2.45, 2.75) is 44.1 Å². The number of fused-ring (bicyclic) bond motifs is 1. The lowest BCUT2D eigenvalue weighted by Gasteiger charge is -2.33. The van der Waals surface area contributed by atoms with E-state index in [0.717, 1.165) is 61.3 Å². The maximum absolute atomic E-state index is 12.5. The van der Waals surface area contributed by atoms with Gasteiger partial charge in [0.25, 0.3) is 5.91 Å². The molecule has 1 atom stereocenters. The quantitative estimate of drug-likeness (QED) is 0.572. The number of benzene rings is 1. The van der Waals surface area contributed by atoms with Gasteiger partial charge < -0.3 is 23.9 Å². The largest absolute Gasteiger partial charge is 0.490 e. The summed E-state index contributed by atoms with van der Waals surface area (Å²) in [5, 5.41) is 7.12. The summed E-state index contributed by atoms with van der Waals surface area (Å²) in [6.45, 7) is 2.20. The van der Waals surface area contributed by atoms with E-state index in [2.05, 4.69) is 29.4 Å². The van der Waals surface area contributed by atoms with E-state index in [1.807, 2.05) is 33.7 Å². The van der Waals surface area contributed by atoms with Crippen LogP contribution in [0.2, 0.25) is 0 Å². The first-order valence-electron chi connectivity index (χ1n) is 11.6. The van der Waals surface area contributed by atoms with Crippen LogP contribution in [0.1, 0.15) is 25.7 Å². The molecule has 0 saturated carbocycles. The highest BCUT2D eigenvalue weighted by Gasteiger charge is 2.38. The summed E-state index contributed by atoms with van der Waals surface area (Å²) in [5.74, 6) is -1.73. The molecule has 11 heteroatoms. The van der Waals surface area contributed by atoms with Gasteiger partial charge in [-0.05, 0) is 48.2 Å². The van der Waals surface area contributed by atoms with Crippen LogP contribution < -0.4 is 4.74 Å². The van der Waals surface area contributed by atoms with E-state index in [9.17, 15) is 18.0 Å². The molecule has 1 amide bonds. The topological polar surface area (TPSA) is 93.4 Å². The number of imidazole rings is 1. The Morgan fingerprint density at radius 2 is 1.69 bits per heavy atom. The number of aromatic nitrogens is 2. The Morgan fingerprint density at radius 3 is 2.31 bits per heavy atom. The van der Waals surface area contributed by atoms with E-state index in [1.165, 1.54) is 0 Å². The van der Waals surface area contributed by atoms with Gasteiger partial charge in [-0.25, -0.2) is 9.78 Å². The van der Waals surface area contributed by atoms with Crippen molar-refractivity contribution in [3.05, 3.63) is 55.0 Å². The van der Waals surface area contributed by atoms with Crippen LogP contribution in [-0.2, 0) is 14.3 Å². The van der Waals surface area contributed by atoms with Crippen molar-refractivity contribution in [2.24, 2.45) is 0 Å². The van der Waals surface area contributed by atoms with Gasteiger partial charge in [-0.15, -0.1) is 0 Å². The lowest BCUT2D eigenvalue weighted by Crippen LogP contribution is -2.45. The average molecular weight is 505 g/mol. The van der Waals surface area contributed by atoms with E-state index in [-0.39, 0.29) is 18.1 Å². The molecule has 0 spiro atoms. The number of hydrogen-bond acceptors (Lipinski definition) is 5. The van der Waals surface area contributed by atoms with Gasteiger partial charge in [-0.3, -0.25) is 4.79 Å². The number of halogens is 3. The molecule has 0 radical (unpaired) electrons. The number of amides is 1. The predicted molar refractivity (Wildman–Crippen MR) is 124 cm³/mol. The molecular weight excluding hydrogens is 479 g/mol. The number of aliphatic carboxylic acids is 1. The second-order valence-electron chi connectivity index (χ2n) is 8.58. The van der Waals surface area contributed by atoms with E-state index in [1.54, 1.807) is 6.20 Å². The highest BCUT2D eigenvalue weighted by Crippen LogP contribution is 2.26. The number of hydrogen-bond donors (Lipinski definition) is 1. The van der Waals surface area contributed by atoms with Crippen LogP contribution in [0.5, 0.6) is 5.75 Å². The molecule has 1 N–H and O–H groups in total. The maximum atomic E-state index is 12.5. The fraction of sp³-hybridized carbons (Fsp3) is 0.400. The smallest absolute Gasteiger partial charge is 0.490 e. The molecule has 36 heavy (non-hydrogen) atoms. The van der Waals surface area contributed by atoms with E-state index in [0.29, 0.717) is 6.61 Å². The fourth-order valence-electron chi connectivity index (χ4n) is 4.18. The number of likely N-dealkylation sites (tertiary alicyclic amines) is 1. The Morgan fingerprint density at radius 1 is 1.03 bits per heavy atom. The molecule has 0 unspecified atom stereocenters. The minimum Gasteiger partial charge on any atom is -0.490 e. The standard InChI is InChI=1S/C23H25N3O3.C2HF3O2/c27-23(21-2-1-15-28-21)25-12-9-20(10-13-25)29-19-6-3-17(4-7-19)18-5-8-22-24-11-14-26(22)16-18;3-2(4,5)1(6)7/h3-8,11,14,16,20-21H,1-2,9-10,12-13,15H2;(H,6,7)/t21-;/m1./s1. The summed E-state index contributed by atoms with van der Waals surface area (Å²) in [7, 11) is 0. The van der Waals surface area contributed by atoms with Gasteiger partial charge in [-0.2, -0.15) is 13.2 Å². The third kappa shape index (κ3) is 6.34. The van der Waals surface area contributed by atoms with Crippen molar-refractivity contribution in [1.82, 2.24) is 14.3 Å². The predicted octanol–water partition coefficient (Wildman–Crippen LogP) is 4.18. The lowest BCUT2D eigenvalue weighted by atomic mass is 10.1. The van der Waals surface area contributed by atoms with Gasteiger partial charge in [0.05, 0.1) is 0 Å². The number of pyridine rings is 1. The van der Waals surface area contributed by atoms with E-state index in [4.69, 9.17) is 19.4 Å². The first kappa shape index (κ1) is 25.5. The molecule has 3 aromatic rings. The van der Waals surface area contributed by atoms with Gasteiger partial charge in [0.15, 0.2) is 0 Å². The van der Waals surface area contributed by atoms with Gasteiger partial charge >= 0.3 is 12.1 Å². The molecule has 1 aromatic carbocycles. The van der Waals surface area contributed by atoms with Crippen molar-refractivity contribution in [3.63, 3.8) is 0 Å². The zero-order chi connectivity index (χ0) is 25.7. The number of rotatable bonds is 4. The van der Waals surface area contributed by atoms with E-state index >= 15 is 0 Å². The van der Waals surface area contributed by atoms with Crippen LogP contribution in [0.25, 0.3) is 16.8 Å². The number of alkyl halides is 3. The summed E-state index contributed by atoms with van der Waals surface area (Å²) in [5.41, 5.74) is 3.23. The van der Waals surface area contributed by atoms with Crippen LogP contribution in [0, 0.1) is 0 Å². The molecule has 0 aliphatic carbocycles. The highest BCUT2D eigenvalue weighted by molar-refractivity contribution is 5.81. The summed E-state index contributed by atoms with van der Waals surface area (Å²) in [6, 6.07) is 12.3. The maximum Gasteiger partial charge on any atom is 0.490 e. The molecule has 4 heterocycles. The van der Waals surface area contributed by atoms with Gasteiger partial charge in [-0.1, -0.05) is 12.1 Å². The Balaban J connectivity index is 0.000000384. The van der Waals surface area contributed by atoms with Crippen molar-refractivity contribution in [2.75, 3.05) is 19.7 Å². The van der Waals surface area contributed by atoms with Crippen LogP contribution in [0.3, 0.4) is 0 Å². The van der Waals surface area contributed by atoms with Gasteiger partial charge in [0.1, 0.15) is 23.6 Å². The van der Waals surface area contributed by atoms with Crippen LogP contribution >= 0.6 is 0 Å². The van der Waals surface area contributed by atoms with Crippen molar-refractivity contribution < 1.29 is 37.3 Å². The first-order valence-corrected chi connectivity index (χ1v) is 11.6. The molecule has 0 bridgehead atoms. The molecule has 2 aliphatic heterocycles. The number of carboxylic acid groups (broad SMARTS) is 1. The Labute approximate surface area is 205 Å². The fourth-order valence-corrected chi connectivity index (χ4v) is 4.18. The van der Waals surface area contributed by atoms with E-state index < -0.39 is 12.1 Å². The third-order valence-corrected chi connectivity index (χ3v) is 6.08. The number of nitrogens with zero attached hydrogens (tertiary/aromatic N) is 3. The first-order chi connectivity index (χ1) is 17.2. The van der Waals surface area contributed by atoms with Crippen LogP contribution in [-0.4, -0.2) is 69.3 Å². The normalized spacial score (nSPS) is 18.5. The van der Waals surface area contributed by atoms with Gasteiger partial charge in [0.2, 0.25) is 0 Å². The number of carboxylic acids is 1. The molecule has 2 fully saturated rings. The van der Waals surface area contributed by atoms with Gasteiger partial charge in [0, 0.05) is 51.1 Å². The molecule has 8 nitrogen and oxygen atoms in total. The lowest BCUT2D eigenvalue weighted by molar-refractivity contribution is -0.192. The molecule has 192 valence electrons. The van der Waals surface area contributed by atoms with Crippen molar-refractivity contribution >= 4 is 17.5 Å². The SMILES string of the molecule is O=C(O)C(F)(F)F.O=C([C@H]1CCCO1)N1CCC(Oc2ccc(-c3ccc4nccn4c3)cc2)CC1. The van der Waals surface area contributed by atoms with Crippen LogP contribution in [0.15, 0.2) is 55.0 Å². The molecule has 2 saturated heterocycles. The number of ether oxygens (including phenoxy) is 2. The summed E-state index contributed by atoms with van der Waals surface area (Å²) in [4.78, 5) is 27.6. The molecule has 2 aliphatic rings. The monoisotopic (exact) mass is 505 g/mol. The zero-order valence-electron chi connectivity index (χ0n) is 19.4. The molecule has 5 rings (SSSR count). The van der Waals surface area contributed by atoms with Crippen molar-refractivity contribution in [1.29, 1.82) is 0 Å². The summed E-state index contributed by atoms with van der Waals surface area (Å²) < 4.78 is 45.5. The summed E-state index contributed by atoms with van der Waals surface area (Å²) >= 11 is 0. The van der Waals surface area contributed by atoms with Crippen LogP contribution in [0.4, 0.5) is 13.2 Å². The average Bonchev–Trinajstić information content (AvgIpc) is 3.56. The summed E-state index contributed by atoms with van der Waals surface area (Å²) in [6.07, 6.45) is 4.24. The molecule has 2 aromatic heterocycles. The van der Waals surface area contributed by atoms with Crippen molar-refractivity contribution in [3.8, 4) is 16.9 Å².